The topological polar surface area (TPSA) is 70.1 Å². The van der Waals surface area contributed by atoms with Crippen molar-refractivity contribution >= 4 is 28.1 Å². The highest BCUT2D eigenvalue weighted by Gasteiger charge is 2.37. The van der Waals surface area contributed by atoms with Crippen LogP contribution in [0.4, 0.5) is 5.95 Å². The normalized spacial score (nSPS) is 18.0. The zero-order valence-corrected chi connectivity index (χ0v) is 17.4. The summed E-state index contributed by atoms with van der Waals surface area (Å²) in [6.45, 7) is 4.25. The molecule has 0 aliphatic heterocycles. The quantitative estimate of drug-likeness (QED) is 0.452. The van der Waals surface area contributed by atoms with Gasteiger partial charge < -0.3 is 0 Å². The molecule has 1 atom stereocenters. The van der Waals surface area contributed by atoms with Gasteiger partial charge in [0, 0.05) is 21.0 Å². The Kier molecular flexibility index (Phi) is 4.89. The molecule has 1 aliphatic carbocycles. The highest BCUT2D eigenvalue weighted by atomic mass is 79.9. The number of hydrazone groups is 1. The molecule has 0 spiro atoms. The maximum atomic E-state index is 12.9. The van der Waals surface area contributed by atoms with Crippen molar-refractivity contribution in [3.05, 3.63) is 80.0 Å². The predicted molar refractivity (Wildman–Crippen MR) is 117 cm³/mol. The fourth-order valence-electron chi connectivity index (χ4n) is 3.71. The second-order valence-electron chi connectivity index (χ2n) is 7.31. The number of nitrogens with one attached hydrogen (secondary N) is 2. The standard InChI is InChI=1S/C22H21BrN4O/c1-3-22(2)12-15-6-4-5-7-17(15)19-18(22)20(28)26-21(25-19)27-24-13-14-8-10-16(23)11-9-14/h4-11,13H,3,12H2,1-2H3,(H2,25,26,27,28)/b24-13+. The van der Waals surface area contributed by atoms with Gasteiger partial charge in [0.15, 0.2) is 0 Å². The Hall–Kier alpha value is -2.73. The third-order valence-corrected chi connectivity index (χ3v) is 5.94. The van der Waals surface area contributed by atoms with Crippen LogP contribution in [-0.4, -0.2) is 16.2 Å². The highest BCUT2D eigenvalue weighted by molar-refractivity contribution is 9.10. The van der Waals surface area contributed by atoms with Crippen molar-refractivity contribution in [3.8, 4) is 11.3 Å². The van der Waals surface area contributed by atoms with Crippen LogP contribution in [0, 0.1) is 0 Å². The molecule has 1 heterocycles. The maximum absolute atomic E-state index is 12.9. The van der Waals surface area contributed by atoms with Gasteiger partial charge in [-0.2, -0.15) is 5.10 Å². The van der Waals surface area contributed by atoms with E-state index in [1.165, 1.54) is 5.56 Å². The van der Waals surface area contributed by atoms with E-state index in [9.17, 15) is 4.79 Å². The van der Waals surface area contributed by atoms with E-state index in [1.54, 1.807) is 6.21 Å². The third kappa shape index (κ3) is 3.40. The van der Waals surface area contributed by atoms with Crippen LogP contribution in [0.1, 0.15) is 37.0 Å². The number of hydrogen-bond acceptors (Lipinski definition) is 4. The summed E-state index contributed by atoms with van der Waals surface area (Å²) < 4.78 is 1.01. The van der Waals surface area contributed by atoms with Gasteiger partial charge in [-0.25, -0.2) is 10.4 Å². The van der Waals surface area contributed by atoms with Crippen molar-refractivity contribution in [1.29, 1.82) is 0 Å². The first-order chi connectivity index (χ1) is 13.5. The Morgan fingerprint density at radius 2 is 2.00 bits per heavy atom. The minimum atomic E-state index is -0.233. The van der Waals surface area contributed by atoms with Crippen LogP contribution in [0.2, 0.25) is 0 Å². The smallest absolute Gasteiger partial charge is 0.256 e. The van der Waals surface area contributed by atoms with Crippen molar-refractivity contribution in [1.82, 2.24) is 9.97 Å². The number of H-pyrrole nitrogens is 1. The molecule has 0 saturated heterocycles. The van der Waals surface area contributed by atoms with E-state index < -0.39 is 0 Å². The molecule has 28 heavy (non-hydrogen) atoms. The van der Waals surface area contributed by atoms with Gasteiger partial charge in [-0.1, -0.05) is 66.2 Å². The zero-order valence-electron chi connectivity index (χ0n) is 15.8. The molecule has 1 aromatic heterocycles. The van der Waals surface area contributed by atoms with Gasteiger partial charge in [-0.15, -0.1) is 0 Å². The maximum Gasteiger partial charge on any atom is 0.256 e. The van der Waals surface area contributed by atoms with Gasteiger partial charge in [0.25, 0.3) is 5.56 Å². The molecule has 4 rings (SSSR count). The molecule has 142 valence electrons. The molecule has 1 unspecified atom stereocenters. The molecule has 0 fully saturated rings. The molecule has 6 heteroatoms. The Morgan fingerprint density at radius 1 is 1.25 bits per heavy atom. The lowest BCUT2D eigenvalue weighted by molar-refractivity contribution is 0.441. The summed E-state index contributed by atoms with van der Waals surface area (Å²) in [5.41, 5.74) is 7.22. The first-order valence-electron chi connectivity index (χ1n) is 9.28. The van der Waals surface area contributed by atoms with Crippen molar-refractivity contribution in [3.63, 3.8) is 0 Å². The molecular formula is C22H21BrN4O. The van der Waals surface area contributed by atoms with Crippen LogP contribution in [0.5, 0.6) is 0 Å². The molecule has 2 N–H and O–H groups in total. The van der Waals surface area contributed by atoms with Crippen LogP contribution >= 0.6 is 15.9 Å². The highest BCUT2D eigenvalue weighted by Crippen LogP contribution is 2.42. The van der Waals surface area contributed by atoms with E-state index in [2.05, 4.69) is 51.4 Å². The molecule has 0 saturated carbocycles. The number of rotatable bonds is 4. The first kappa shape index (κ1) is 18.6. The summed E-state index contributed by atoms with van der Waals surface area (Å²) in [5, 5.41) is 4.22. The number of nitrogens with zero attached hydrogens (tertiary/aromatic N) is 2. The van der Waals surface area contributed by atoms with E-state index in [1.807, 2.05) is 42.5 Å². The molecule has 0 amide bonds. The van der Waals surface area contributed by atoms with E-state index in [0.717, 1.165) is 39.7 Å². The van der Waals surface area contributed by atoms with Crippen LogP contribution in [0.3, 0.4) is 0 Å². The lowest BCUT2D eigenvalue weighted by Crippen LogP contribution is -2.36. The molecule has 0 radical (unpaired) electrons. The fraction of sp³-hybridized carbons (Fsp3) is 0.227. The molecule has 5 nitrogen and oxygen atoms in total. The Labute approximate surface area is 172 Å². The average molecular weight is 437 g/mol. The number of aromatic nitrogens is 2. The van der Waals surface area contributed by atoms with Crippen LogP contribution in [0.15, 0.2) is 62.9 Å². The van der Waals surface area contributed by atoms with Crippen LogP contribution in [-0.2, 0) is 11.8 Å². The number of aromatic amines is 1. The van der Waals surface area contributed by atoms with Crippen molar-refractivity contribution in [2.45, 2.75) is 32.1 Å². The monoisotopic (exact) mass is 436 g/mol. The SMILES string of the molecule is CCC1(C)Cc2ccccc2-c2nc(N/N=C/c3ccc(Br)cc3)[nH]c(=O)c21. The predicted octanol–water partition coefficient (Wildman–Crippen LogP) is 4.87. The van der Waals surface area contributed by atoms with Gasteiger partial charge >= 0.3 is 0 Å². The second kappa shape index (κ2) is 7.36. The van der Waals surface area contributed by atoms with E-state index >= 15 is 0 Å². The Balaban J connectivity index is 1.72. The summed E-state index contributed by atoms with van der Waals surface area (Å²) in [6.07, 6.45) is 3.40. The Bertz CT molecular complexity index is 1100. The summed E-state index contributed by atoms with van der Waals surface area (Å²) in [5.74, 6) is 0.340. The van der Waals surface area contributed by atoms with Gasteiger partial charge in [-0.05, 0) is 36.1 Å². The molecule has 2 aromatic carbocycles. The van der Waals surface area contributed by atoms with Crippen LogP contribution in [0.25, 0.3) is 11.3 Å². The first-order valence-corrected chi connectivity index (χ1v) is 10.1. The number of hydrogen-bond donors (Lipinski definition) is 2. The fourth-order valence-corrected chi connectivity index (χ4v) is 3.98. The second-order valence-corrected chi connectivity index (χ2v) is 8.22. The number of fused-ring (bicyclic) bond motifs is 3. The van der Waals surface area contributed by atoms with Gasteiger partial charge in [0.1, 0.15) is 0 Å². The average Bonchev–Trinajstić information content (AvgIpc) is 2.69. The largest absolute Gasteiger partial charge is 0.291 e. The van der Waals surface area contributed by atoms with Crippen molar-refractivity contribution in [2.75, 3.05) is 5.43 Å². The van der Waals surface area contributed by atoms with Gasteiger partial charge in [0.2, 0.25) is 5.95 Å². The minimum Gasteiger partial charge on any atom is -0.291 e. The minimum absolute atomic E-state index is 0.106. The van der Waals surface area contributed by atoms with Gasteiger partial charge in [0.05, 0.1) is 11.9 Å². The van der Waals surface area contributed by atoms with Crippen molar-refractivity contribution in [2.24, 2.45) is 5.10 Å². The lowest BCUT2D eigenvalue weighted by Gasteiger charge is -2.34. The summed E-state index contributed by atoms with van der Waals surface area (Å²) in [6, 6.07) is 16.0. The Morgan fingerprint density at radius 3 is 2.75 bits per heavy atom. The number of anilines is 1. The summed E-state index contributed by atoms with van der Waals surface area (Å²) in [4.78, 5) is 20.5. The zero-order chi connectivity index (χ0) is 19.7. The molecular weight excluding hydrogens is 416 g/mol. The van der Waals surface area contributed by atoms with Crippen LogP contribution < -0.4 is 11.0 Å². The number of benzene rings is 2. The summed E-state index contributed by atoms with van der Waals surface area (Å²) >= 11 is 3.41. The molecule has 0 bridgehead atoms. The van der Waals surface area contributed by atoms with Gasteiger partial charge in [-0.3, -0.25) is 9.78 Å². The van der Waals surface area contributed by atoms with Crippen molar-refractivity contribution < 1.29 is 0 Å². The van der Waals surface area contributed by atoms with E-state index in [-0.39, 0.29) is 11.0 Å². The third-order valence-electron chi connectivity index (χ3n) is 5.41. The lowest BCUT2D eigenvalue weighted by atomic mass is 9.69. The summed E-state index contributed by atoms with van der Waals surface area (Å²) in [7, 11) is 0. The molecule has 3 aromatic rings. The number of halogens is 1. The van der Waals surface area contributed by atoms with E-state index in [4.69, 9.17) is 4.98 Å². The molecule has 1 aliphatic rings. The van der Waals surface area contributed by atoms with E-state index in [0.29, 0.717) is 5.95 Å².